The van der Waals surface area contributed by atoms with Gasteiger partial charge in [0, 0.05) is 6.42 Å². The molecule has 0 heterocycles. The van der Waals surface area contributed by atoms with Crippen molar-refractivity contribution >= 4 is 11.6 Å². The molecule has 0 aliphatic rings. The molecule has 0 saturated heterocycles. The first-order valence-electron chi connectivity index (χ1n) is 7.78. The Kier molecular flexibility index (Phi) is 7.73. The molecule has 1 aromatic carbocycles. The van der Waals surface area contributed by atoms with Crippen molar-refractivity contribution in [1.82, 2.24) is 0 Å². The minimum absolute atomic E-state index is 0.0202. The molecule has 3 heteroatoms. The third-order valence-corrected chi connectivity index (χ3v) is 3.57. The smallest absolute Gasteiger partial charge is 0.173 e. The van der Waals surface area contributed by atoms with Crippen LogP contribution in [0.2, 0.25) is 0 Å². The Labute approximate surface area is 127 Å². The lowest BCUT2D eigenvalue weighted by Gasteiger charge is -2.08. The Morgan fingerprint density at radius 1 is 1.10 bits per heavy atom. The van der Waals surface area contributed by atoms with Crippen LogP contribution in [0.5, 0.6) is 5.75 Å². The molecule has 0 spiro atoms. The lowest BCUT2D eigenvalue weighted by molar-refractivity contribution is -0.118. The van der Waals surface area contributed by atoms with Crippen LogP contribution in [0.15, 0.2) is 18.2 Å². The fourth-order valence-corrected chi connectivity index (χ4v) is 2.33. The molecule has 0 aliphatic carbocycles. The summed E-state index contributed by atoms with van der Waals surface area (Å²) < 4.78 is 5.20. The second-order valence-corrected chi connectivity index (χ2v) is 5.51. The van der Waals surface area contributed by atoms with E-state index in [0.29, 0.717) is 17.7 Å². The van der Waals surface area contributed by atoms with Crippen molar-refractivity contribution in [3.63, 3.8) is 0 Å². The summed E-state index contributed by atoms with van der Waals surface area (Å²) in [7, 11) is 1.54. The van der Waals surface area contributed by atoms with Crippen LogP contribution in [-0.4, -0.2) is 18.7 Å². The molecule has 1 aromatic rings. The highest BCUT2D eigenvalue weighted by molar-refractivity contribution is 6.09. The summed E-state index contributed by atoms with van der Waals surface area (Å²) in [6, 6.07) is 5.46. The summed E-state index contributed by atoms with van der Waals surface area (Å²) >= 11 is 0. The van der Waals surface area contributed by atoms with Crippen molar-refractivity contribution < 1.29 is 14.3 Å². The summed E-state index contributed by atoms with van der Waals surface area (Å²) in [5.41, 5.74) is 1.50. The van der Waals surface area contributed by atoms with Gasteiger partial charge in [-0.15, -0.1) is 0 Å². The van der Waals surface area contributed by atoms with Gasteiger partial charge in [0.25, 0.3) is 0 Å². The molecule has 21 heavy (non-hydrogen) atoms. The number of hydrogen-bond acceptors (Lipinski definition) is 3. The van der Waals surface area contributed by atoms with Crippen molar-refractivity contribution in [2.24, 2.45) is 0 Å². The van der Waals surface area contributed by atoms with Crippen LogP contribution in [0, 0.1) is 6.92 Å². The summed E-state index contributed by atoms with van der Waals surface area (Å²) in [6.07, 6.45) is 6.02. The fraction of sp³-hybridized carbons (Fsp3) is 0.556. The molecule has 0 unspecified atom stereocenters. The highest BCUT2D eigenvalue weighted by atomic mass is 16.5. The van der Waals surface area contributed by atoms with Crippen LogP contribution < -0.4 is 4.74 Å². The quantitative estimate of drug-likeness (QED) is 0.362. The van der Waals surface area contributed by atoms with E-state index < -0.39 is 0 Å². The van der Waals surface area contributed by atoms with Crippen molar-refractivity contribution in [3.8, 4) is 5.75 Å². The average molecular weight is 290 g/mol. The van der Waals surface area contributed by atoms with E-state index in [1.54, 1.807) is 12.1 Å². The summed E-state index contributed by atoms with van der Waals surface area (Å²) in [6.45, 7) is 4.09. The van der Waals surface area contributed by atoms with Gasteiger partial charge in [0.1, 0.15) is 11.5 Å². The number of aryl methyl sites for hydroxylation is 1. The van der Waals surface area contributed by atoms with Gasteiger partial charge in [0.05, 0.1) is 19.1 Å². The molecule has 0 aromatic heterocycles. The molecule has 0 N–H and O–H groups in total. The number of ketones is 2. The molecular formula is C18H26O3. The van der Waals surface area contributed by atoms with Gasteiger partial charge in [0.2, 0.25) is 0 Å². The zero-order valence-corrected chi connectivity index (χ0v) is 13.4. The monoisotopic (exact) mass is 290 g/mol. The van der Waals surface area contributed by atoms with Gasteiger partial charge < -0.3 is 4.74 Å². The van der Waals surface area contributed by atoms with Crippen LogP contribution in [0.4, 0.5) is 0 Å². The third-order valence-electron chi connectivity index (χ3n) is 3.57. The maximum Gasteiger partial charge on any atom is 0.173 e. The molecule has 0 radical (unpaired) electrons. The summed E-state index contributed by atoms with van der Waals surface area (Å²) in [5, 5.41) is 0. The van der Waals surface area contributed by atoms with Crippen LogP contribution in [0.3, 0.4) is 0 Å². The topological polar surface area (TPSA) is 43.4 Å². The highest BCUT2D eigenvalue weighted by Gasteiger charge is 2.16. The number of unbranched alkanes of at least 4 members (excludes halogenated alkanes) is 4. The Hall–Kier alpha value is -1.64. The lowest BCUT2D eigenvalue weighted by Crippen LogP contribution is -2.09. The van der Waals surface area contributed by atoms with Gasteiger partial charge in [-0.05, 0) is 25.5 Å². The van der Waals surface area contributed by atoms with Gasteiger partial charge in [-0.2, -0.15) is 0 Å². The predicted molar refractivity (Wildman–Crippen MR) is 85.1 cm³/mol. The van der Waals surface area contributed by atoms with Gasteiger partial charge in [-0.25, -0.2) is 0 Å². The molecular weight excluding hydrogens is 264 g/mol. The van der Waals surface area contributed by atoms with Crippen LogP contribution >= 0.6 is 0 Å². The number of benzene rings is 1. The van der Waals surface area contributed by atoms with Crippen molar-refractivity contribution in [2.75, 3.05) is 7.11 Å². The molecule has 0 saturated carbocycles. The molecule has 0 bridgehead atoms. The van der Waals surface area contributed by atoms with E-state index in [4.69, 9.17) is 4.74 Å². The van der Waals surface area contributed by atoms with E-state index in [9.17, 15) is 9.59 Å². The molecule has 0 atom stereocenters. The van der Waals surface area contributed by atoms with Crippen LogP contribution in [0.1, 0.15) is 67.8 Å². The first-order valence-corrected chi connectivity index (χ1v) is 7.78. The zero-order valence-electron chi connectivity index (χ0n) is 13.4. The number of methoxy groups -OCH3 is 1. The van der Waals surface area contributed by atoms with Gasteiger partial charge >= 0.3 is 0 Å². The average Bonchev–Trinajstić information content (AvgIpc) is 2.47. The number of carbonyl (C=O) groups is 2. The van der Waals surface area contributed by atoms with E-state index in [2.05, 4.69) is 6.92 Å². The zero-order chi connectivity index (χ0) is 15.7. The normalized spacial score (nSPS) is 10.4. The lowest BCUT2D eigenvalue weighted by atomic mass is 10.00. The third kappa shape index (κ3) is 6.11. The van der Waals surface area contributed by atoms with Crippen molar-refractivity contribution in [3.05, 3.63) is 29.3 Å². The molecule has 1 rings (SSSR count). The molecule has 0 fully saturated rings. The minimum atomic E-state index is -0.144. The van der Waals surface area contributed by atoms with Gasteiger partial charge in [0.15, 0.2) is 5.78 Å². The SMILES string of the molecule is CCCCCCCC(=O)CC(=O)c1cc(C)ccc1OC. The molecule has 0 amide bonds. The highest BCUT2D eigenvalue weighted by Crippen LogP contribution is 2.21. The predicted octanol–water partition coefficient (Wildman–Crippen LogP) is 4.51. The van der Waals surface area contributed by atoms with Crippen LogP contribution in [-0.2, 0) is 4.79 Å². The maximum absolute atomic E-state index is 12.2. The largest absolute Gasteiger partial charge is 0.496 e. The van der Waals surface area contributed by atoms with E-state index in [0.717, 1.165) is 18.4 Å². The number of rotatable bonds is 10. The first-order chi connectivity index (χ1) is 10.1. The van der Waals surface area contributed by atoms with E-state index in [-0.39, 0.29) is 18.0 Å². The molecule has 3 nitrogen and oxygen atoms in total. The van der Waals surface area contributed by atoms with E-state index in [1.807, 2.05) is 13.0 Å². The number of ether oxygens (including phenoxy) is 1. The second-order valence-electron chi connectivity index (χ2n) is 5.51. The van der Waals surface area contributed by atoms with Gasteiger partial charge in [-0.3, -0.25) is 9.59 Å². The Morgan fingerprint density at radius 3 is 2.48 bits per heavy atom. The number of Topliss-reactive ketones (excluding diaryl/α,β-unsaturated/α-hetero) is 2. The summed E-state index contributed by atoms with van der Waals surface area (Å²) in [4.78, 5) is 24.1. The molecule has 116 valence electrons. The first kappa shape index (κ1) is 17.4. The Bertz CT molecular complexity index is 477. The van der Waals surface area contributed by atoms with Crippen molar-refractivity contribution in [2.45, 2.75) is 58.8 Å². The minimum Gasteiger partial charge on any atom is -0.496 e. The second kappa shape index (κ2) is 9.32. The van der Waals surface area contributed by atoms with Crippen LogP contribution in [0.25, 0.3) is 0 Å². The van der Waals surface area contributed by atoms with Gasteiger partial charge in [-0.1, -0.05) is 44.2 Å². The number of hydrogen-bond donors (Lipinski definition) is 0. The Morgan fingerprint density at radius 2 is 1.81 bits per heavy atom. The maximum atomic E-state index is 12.2. The number of carbonyl (C=O) groups excluding carboxylic acids is 2. The Balaban J connectivity index is 2.49. The van der Waals surface area contributed by atoms with Crippen molar-refractivity contribution in [1.29, 1.82) is 0 Å². The van der Waals surface area contributed by atoms with E-state index in [1.165, 1.54) is 26.4 Å². The fourth-order valence-electron chi connectivity index (χ4n) is 2.33. The standard InChI is InChI=1S/C18H26O3/c1-4-5-6-7-8-9-15(19)13-17(20)16-12-14(2)10-11-18(16)21-3/h10-12H,4-9,13H2,1-3H3. The summed E-state index contributed by atoms with van der Waals surface area (Å²) in [5.74, 6) is 0.426. The molecule has 0 aliphatic heterocycles. The van der Waals surface area contributed by atoms with E-state index >= 15 is 0 Å².